The number of amides is 1. The van der Waals surface area contributed by atoms with Crippen molar-refractivity contribution in [1.82, 2.24) is 10.3 Å². The fourth-order valence-corrected chi connectivity index (χ4v) is 1.99. The van der Waals surface area contributed by atoms with E-state index in [0.717, 1.165) is 11.3 Å². The third-order valence-electron chi connectivity index (χ3n) is 3.24. The van der Waals surface area contributed by atoms with Crippen LogP contribution in [0.25, 0.3) is 0 Å². The number of hydrogen-bond donors (Lipinski definition) is 2. The second-order valence-corrected chi connectivity index (χ2v) is 4.92. The Morgan fingerprint density at radius 3 is 2.65 bits per heavy atom. The number of carbonyl (C=O) groups is 1. The molecule has 0 aliphatic heterocycles. The number of aryl methyl sites for hydroxylation is 1. The van der Waals surface area contributed by atoms with E-state index >= 15 is 0 Å². The summed E-state index contributed by atoms with van der Waals surface area (Å²) in [6, 6.07) is 11.4. The summed E-state index contributed by atoms with van der Waals surface area (Å²) in [5.41, 5.74) is 1.79. The Bertz CT molecular complexity index is 647. The van der Waals surface area contributed by atoms with Crippen LogP contribution in [0, 0.1) is 6.92 Å². The molecule has 1 heterocycles. The van der Waals surface area contributed by atoms with Crippen LogP contribution < -0.4 is 10.7 Å². The van der Waals surface area contributed by atoms with Gasteiger partial charge in [-0.3, -0.25) is 9.59 Å². The zero-order valence-electron chi connectivity index (χ0n) is 11.6. The Kier molecular flexibility index (Phi) is 4.35. The molecule has 0 aliphatic carbocycles. The normalized spacial score (nSPS) is 11.9. The summed E-state index contributed by atoms with van der Waals surface area (Å²) in [6.45, 7) is 4.31. The van der Waals surface area contributed by atoms with Crippen molar-refractivity contribution in [1.29, 1.82) is 0 Å². The van der Waals surface area contributed by atoms with Crippen LogP contribution in [0.3, 0.4) is 0 Å². The Hall–Kier alpha value is -2.36. The molecule has 0 radical (unpaired) electrons. The standard InChI is InChI=1S/C16H18N2O2/c1-11(13-6-4-3-5-7-13)9-18-16(20)14-10-17-12(2)8-15(14)19/h3-8,10-11H,9H2,1-2H3,(H,17,19)(H,18,20). The highest BCUT2D eigenvalue weighted by molar-refractivity contribution is 5.93. The summed E-state index contributed by atoms with van der Waals surface area (Å²) in [5.74, 6) is -0.140. The molecule has 4 heteroatoms. The molecule has 1 amide bonds. The smallest absolute Gasteiger partial charge is 0.256 e. The van der Waals surface area contributed by atoms with E-state index in [0.29, 0.717) is 6.54 Å². The molecule has 104 valence electrons. The fraction of sp³-hybridized carbons (Fsp3) is 0.250. The maximum Gasteiger partial charge on any atom is 0.256 e. The van der Waals surface area contributed by atoms with Gasteiger partial charge in [-0.2, -0.15) is 0 Å². The lowest BCUT2D eigenvalue weighted by atomic mass is 10.0. The van der Waals surface area contributed by atoms with Gasteiger partial charge in [0.25, 0.3) is 5.91 Å². The first kappa shape index (κ1) is 14.1. The van der Waals surface area contributed by atoms with Gasteiger partial charge in [-0.05, 0) is 18.4 Å². The van der Waals surface area contributed by atoms with Gasteiger partial charge in [0.15, 0.2) is 5.43 Å². The number of aromatic amines is 1. The van der Waals surface area contributed by atoms with Gasteiger partial charge in [-0.15, -0.1) is 0 Å². The predicted molar refractivity (Wildman–Crippen MR) is 79.0 cm³/mol. The SMILES string of the molecule is Cc1cc(=O)c(C(=O)NCC(C)c2ccccc2)c[nH]1. The van der Waals surface area contributed by atoms with E-state index in [-0.39, 0.29) is 22.8 Å². The minimum absolute atomic E-state index is 0.149. The summed E-state index contributed by atoms with van der Waals surface area (Å²) in [5, 5.41) is 2.80. The predicted octanol–water partition coefficient (Wildman–Crippen LogP) is 2.22. The molecule has 1 aromatic heterocycles. The maximum atomic E-state index is 12.0. The van der Waals surface area contributed by atoms with Crippen LogP contribution in [0.2, 0.25) is 0 Å². The van der Waals surface area contributed by atoms with Crippen molar-refractivity contribution < 1.29 is 4.79 Å². The number of H-pyrrole nitrogens is 1. The lowest BCUT2D eigenvalue weighted by Gasteiger charge is -2.12. The van der Waals surface area contributed by atoms with Crippen molar-refractivity contribution in [3.05, 3.63) is 69.6 Å². The molecule has 1 unspecified atom stereocenters. The van der Waals surface area contributed by atoms with Crippen molar-refractivity contribution >= 4 is 5.91 Å². The second kappa shape index (κ2) is 6.19. The summed E-state index contributed by atoms with van der Waals surface area (Å²) >= 11 is 0. The monoisotopic (exact) mass is 270 g/mol. The van der Waals surface area contributed by atoms with E-state index in [1.54, 1.807) is 6.92 Å². The van der Waals surface area contributed by atoms with Crippen molar-refractivity contribution in [2.24, 2.45) is 0 Å². The first-order chi connectivity index (χ1) is 9.58. The minimum atomic E-state index is -0.339. The highest BCUT2D eigenvalue weighted by Gasteiger charge is 2.12. The van der Waals surface area contributed by atoms with Crippen LogP contribution in [0.4, 0.5) is 0 Å². The number of rotatable bonds is 4. The average molecular weight is 270 g/mol. The van der Waals surface area contributed by atoms with Crippen LogP contribution in [0.5, 0.6) is 0 Å². The van der Waals surface area contributed by atoms with E-state index in [2.05, 4.69) is 10.3 Å². The number of hydrogen-bond acceptors (Lipinski definition) is 2. The number of aromatic nitrogens is 1. The van der Waals surface area contributed by atoms with Gasteiger partial charge in [0.2, 0.25) is 0 Å². The maximum absolute atomic E-state index is 12.0. The molecule has 2 aromatic rings. The molecular weight excluding hydrogens is 252 g/mol. The number of benzene rings is 1. The van der Waals surface area contributed by atoms with Crippen LogP contribution in [0.15, 0.2) is 47.4 Å². The Morgan fingerprint density at radius 2 is 2.00 bits per heavy atom. The molecule has 2 N–H and O–H groups in total. The summed E-state index contributed by atoms with van der Waals surface area (Å²) in [4.78, 5) is 26.6. The van der Waals surface area contributed by atoms with Gasteiger partial charge >= 0.3 is 0 Å². The Labute approximate surface area is 117 Å². The highest BCUT2D eigenvalue weighted by Crippen LogP contribution is 2.13. The van der Waals surface area contributed by atoms with Crippen molar-refractivity contribution in [2.75, 3.05) is 6.54 Å². The Morgan fingerprint density at radius 1 is 1.30 bits per heavy atom. The van der Waals surface area contributed by atoms with E-state index in [1.165, 1.54) is 12.3 Å². The number of pyridine rings is 1. The zero-order valence-corrected chi connectivity index (χ0v) is 11.6. The van der Waals surface area contributed by atoms with Crippen molar-refractivity contribution in [3.63, 3.8) is 0 Å². The first-order valence-corrected chi connectivity index (χ1v) is 6.60. The van der Waals surface area contributed by atoms with E-state index in [9.17, 15) is 9.59 Å². The highest BCUT2D eigenvalue weighted by atomic mass is 16.2. The van der Waals surface area contributed by atoms with Crippen molar-refractivity contribution in [3.8, 4) is 0 Å². The van der Waals surface area contributed by atoms with Gasteiger partial charge < -0.3 is 10.3 Å². The molecule has 1 aromatic carbocycles. The molecule has 0 spiro atoms. The summed E-state index contributed by atoms with van der Waals surface area (Å²) < 4.78 is 0. The summed E-state index contributed by atoms with van der Waals surface area (Å²) in [6.07, 6.45) is 1.46. The fourth-order valence-electron chi connectivity index (χ4n) is 1.99. The second-order valence-electron chi connectivity index (χ2n) is 4.92. The molecule has 2 rings (SSSR count). The van der Waals surface area contributed by atoms with Gasteiger partial charge in [-0.25, -0.2) is 0 Å². The summed E-state index contributed by atoms with van der Waals surface area (Å²) in [7, 11) is 0. The van der Waals surface area contributed by atoms with Crippen LogP contribution in [0.1, 0.15) is 34.5 Å². The van der Waals surface area contributed by atoms with E-state index < -0.39 is 0 Å². The van der Waals surface area contributed by atoms with Crippen LogP contribution >= 0.6 is 0 Å². The third-order valence-corrected chi connectivity index (χ3v) is 3.24. The molecule has 0 bridgehead atoms. The number of carbonyl (C=O) groups excluding carboxylic acids is 1. The molecule has 4 nitrogen and oxygen atoms in total. The lowest BCUT2D eigenvalue weighted by molar-refractivity contribution is 0.0950. The molecule has 0 saturated heterocycles. The lowest BCUT2D eigenvalue weighted by Crippen LogP contribution is -2.31. The first-order valence-electron chi connectivity index (χ1n) is 6.60. The van der Waals surface area contributed by atoms with Gasteiger partial charge in [0, 0.05) is 24.5 Å². The third kappa shape index (κ3) is 3.35. The van der Waals surface area contributed by atoms with E-state index in [1.807, 2.05) is 37.3 Å². The average Bonchev–Trinajstić information content (AvgIpc) is 2.45. The van der Waals surface area contributed by atoms with Gasteiger partial charge in [0.1, 0.15) is 5.56 Å². The molecule has 0 aliphatic rings. The molecule has 0 fully saturated rings. The number of nitrogens with one attached hydrogen (secondary N) is 2. The van der Waals surface area contributed by atoms with E-state index in [4.69, 9.17) is 0 Å². The largest absolute Gasteiger partial charge is 0.364 e. The van der Waals surface area contributed by atoms with Gasteiger partial charge in [0.05, 0.1) is 0 Å². The molecule has 1 atom stereocenters. The Balaban J connectivity index is 2.00. The quantitative estimate of drug-likeness (QED) is 0.894. The molecular formula is C16H18N2O2. The van der Waals surface area contributed by atoms with Crippen LogP contribution in [-0.4, -0.2) is 17.4 Å². The minimum Gasteiger partial charge on any atom is -0.364 e. The van der Waals surface area contributed by atoms with Crippen LogP contribution in [-0.2, 0) is 0 Å². The van der Waals surface area contributed by atoms with Crippen molar-refractivity contribution in [2.45, 2.75) is 19.8 Å². The van der Waals surface area contributed by atoms with Gasteiger partial charge in [-0.1, -0.05) is 37.3 Å². The topological polar surface area (TPSA) is 62.0 Å². The molecule has 20 heavy (non-hydrogen) atoms. The zero-order chi connectivity index (χ0) is 14.5. The molecule has 0 saturated carbocycles.